The standard InChI is InChI=1S/C15H14O5/c16-11-3-1-9(14(19)7-11)5-13(18)6-10-2-4-12(17)8-15(10)20/h1-4,7-8,16-17,19-20H,5-6H2. The Labute approximate surface area is 115 Å². The fourth-order valence-corrected chi connectivity index (χ4v) is 1.89. The van der Waals surface area contributed by atoms with E-state index in [1.54, 1.807) is 0 Å². The first kappa shape index (κ1) is 13.7. The van der Waals surface area contributed by atoms with Crippen LogP contribution >= 0.6 is 0 Å². The predicted molar refractivity (Wildman–Crippen MR) is 72.0 cm³/mol. The molecule has 0 saturated heterocycles. The van der Waals surface area contributed by atoms with Gasteiger partial charge in [-0.25, -0.2) is 0 Å². The van der Waals surface area contributed by atoms with Crippen LogP contribution in [0.3, 0.4) is 0 Å². The van der Waals surface area contributed by atoms with Crippen molar-refractivity contribution in [2.45, 2.75) is 12.8 Å². The summed E-state index contributed by atoms with van der Waals surface area (Å²) >= 11 is 0. The molecule has 0 bridgehead atoms. The van der Waals surface area contributed by atoms with Gasteiger partial charge in [0.1, 0.15) is 28.8 Å². The number of phenolic OH excluding ortho intramolecular Hbond substituents is 4. The summed E-state index contributed by atoms with van der Waals surface area (Å²) in [7, 11) is 0. The molecule has 0 aliphatic carbocycles. The maximum Gasteiger partial charge on any atom is 0.141 e. The molecule has 4 N–H and O–H groups in total. The lowest BCUT2D eigenvalue weighted by Gasteiger charge is -2.06. The van der Waals surface area contributed by atoms with Crippen LogP contribution in [0.2, 0.25) is 0 Å². The highest BCUT2D eigenvalue weighted by atomic mass is 16.3. The number of aromatic hydroxyl groups is 4. The third-order valence-electron chi connectivity index (χ3n) is 2.91. The van der Waals surface area contributed by atoms with E-state index >= 15 is 0 Å². The molecule has 0 aromatic heterocycles. The van der Waals surface area contributed by atoms with E-state index in [1.807, 2.05) is 0 Å². The number of Topliss-reactive ketones (excluding diaryl/α,β-unsaturated/α-hetero) is 1. The van der Waals surface area contributed by atoms with Crippen molar-refractivity contribution in [2.75, 3.05) is 0 Å². The van der Waals surface area contributed by atoms with Crippen molar-refractivity contribution in [3.8, 4) is 23.0 Å². The topological polar surface area (TPSA) is 98.0 Å². The first-order valence-electron chi connectivity index (χ1n) is 5.99. The van der Waals surface area contributed by atoms with Crippen molar-refractivity contribution >= 4 is 5.78 Å². The molecule has 0 spiro atoms. The quantitative estimate of drug-likeness (QED) is 0.682. The summed E-state index contributed by atoms with van der Waals surface area (Å²) in [5, 5.41) is 37.5. The van der Waals surface area contributed by atoms with Crippen molar-refractivity contribution in [3.63, 3.8) is 0 Å². The van der Waals surface area contributed by atoms with Gasteiger partial charge in [0.15, 0.2) is 0 Å². The van der Waals surface area contributed by atoms with Gasteiger partial charge in [0.2, 0.25) is 0 Å². The van der Waals surface area contributed by atoms with Gasteiger partial charge in [0.25, 0.3) is 0 Å². The second-order valence-corrected chi connectivity index (χ2v) is 4.52. The lowest BCUT2D eigenvalue weighted by atomic mass is 10.0. The number of carbonyl (C=O) groups excluding carboxylic acids is 1. The molecule has 20 heavy (non-hydrogen) atoms. The average molecular weight is 274 g/mol. The SMILES string of the molecule is O=C(Cc1ccc(O)cc1O)Cc1ccc(O)cc1O. The molecule has 5 heteroatoms. The first-order valence-corrected chi connectivity index (χ1v) is 5.99. The number of hydrogen-bond donors (Lipinski definition) is 4. The molecule has 0 heterocycles. The molecule has 0 aliphatic rings. The van der Waals surface area contributed by atoms with Gasteiger partial charge in [-0.15, -0.1) is 0 Å². The van der Waals surface area contributed by atoms with Crippen molar-refractivity contribution in [3.05, 3.63) is 47.5 Å². The van der Waals surface area contributed by atoms with Crippen LogP contribution in [0.25, 0.3) is 0 Å². The van der Waals surface area contributed by atoms with Crippen LogP contribution in [0.1, 0.15) is 11.1 Å². The highest BCUT2D eigenvalue weighted by molar-refractivity contribution is 5.84. The van der Waals surface area contributed by atoms with Gasteiger partial charge in [0.05, 0.1) is 0 Å². The molecule has 0 saturated carbocycles. The maximum atomic E-state index is 11.9. The minimum absolute atomic E-state index is 0.00751. The largest absolute Gasteiger partial charge is 0.508 e. The Balaban J connectivity index is 2.09. The van der Waals surface area contributed by atoms with Gasteiger partial charge < -0.3 is 20.4 Å². The van der Waals surface area contributed by atoms with Gasteiger partial charge >= 0.3 is 0 Å². The summed E-state index contributed by atoms with van der Waals surface area (Å²) in [6.45, 7) is 0. The molecule has 0 unspecified atom stereocenters. The third kappa shape index (κ3) is 3.20. The number of phenols is 4. The zero-order valence-corrected chi connectivity index (χ0v) is 10.6. The number of ketones is 1. The summed E-state index contributed by atoms with van der Waals surface area (Å²) in [6, 6.07) is 8.06. The van der Waals surface area contributed by atoms with Gasteiger partial charge in [-0.1, -0.05) is 12.1 Å². The number of rotatable bonds is 4. The van der Waals surface area contributed by atoms with Crippen molar-refractivity contribution in [1.82, 2.24) is 0 Å². The molecule has 2 aromatic carbocycles. The maximum absolute atomic E-state index is 11.9. The van der Waals surface area contributed by atoms with E-state index in [1.165, 1.54) is 36.4 Å². The van der Waals surface area contributed by atoms with Crippen LogP contribution in [-0.4, -0.2) is 26.2 Å². The van der Waals surface area contributed by atoms with Crippen LogP contribution in [0.15, 0.2) is 36.4 Å². The Hall–Kier alpha value is -2.69. The molecule has 5 nitrogen and oxygen atoms in total. The fourth-order valence-electron chi connectivity index (χ4n) is 1.89. The molecule has 0 radical (unpaired) electrons. The van der Waals surface area contributed by atoms with E-state index in [0.29, 0.717) is 11.1 Å². The zero-order valence-electron chi connectivity index (χ0n) is 10.6. The Kier molecular flexibility index (Phi) is 3.79. The molecule has 0 fully saturated rings. The molecule has 2 aromatic rings. The number of carbonyl (C=O) groups is 1. The lowest BCUT2D eigenvalue weighted by Crippen LogP contribution is -2.06. The van der Waals surface area contributed by atoms with E-state index in [0.717, 1.165) is 0 Å². The van der Waals surface area contributed by atoms with Crippen LogP contribution in [0.4, 0.5) is 0 Å². The van der Waals surface area contributed by atoms with E-state index in [2.05, 4.69) is 0 Å². The minimum Gasteiger partial charge on any atom is -0.508 e. The lowest BCUT2D eigenvalue weighted by molar-refractivity contribution is -0.117. The molecule has 2 rings (SSSR count). The summed E-state index contributed by atoms with van der Waals surface area (Å²) < 4.78 is 0. The number of hydrogen-bond acceptors (Lipinski definition) is 5. The normalized spacial score (nSPS) is 10.4. The Morgan fingerprint density at radius 2 is 1.15 bits per heavy atom. The van der Waals surface area contributed by atoms with Gasteiger partial charge in [-0.3, -0.25) is 4.79 Å². The second-order valence-electron chi connectivity index (χ2n) is 4.52. The van der Waals surface area contributed by atoms with Crippen LogP contribution in [-0.2, 0) is 17.6 Å². The molecule has 104 valence electrons. The summed E-state index contributed by atoms with van der Waals surface area (Å²) in [5.74, 6) is -0.640. The smallest absolute Gasteiger partial charge is 0.141 e. The summed E-state index contributed by atoms with van der Waals surface area (Å²) in [6.07, 6.45) is -0.0150. The Bertz CT molecular complexity index is 593. The monoisotopic (exact) mass is 274 g/mol. The molecule has 0 aliphatic heterocycles. The Morgan fingerprint density at radius 3 is 1.50 bits per heavy atom. The molecular weight excluding hydrogens is 260 g/mol. The van der Waals surface area contributed by atoms with Gasteiger partial charge in [-0.2, -0.15) is 0 Å². The van der Waals surface area contributed by atoms with E-state index in [9.17, 15) is 15.0 Å². The van der Waals surface area contributed by atoms with Crippen LogP contribution in [0.5, 0.6) is 23.0 Å². The van der Waals surface area contributed by atoms with Crippen LogP contribution < -0.4 is 0 Å². The molecule has 0 atom stereocenters. The Morgan fingerprint density at radius 1 is 0.750 bits per heavy atom. The highest BCUT2D eigenvalue weighted by Gasteiger charge is 2.12. The first-order chi connectivity index (χ1) is 9.45. The van der Waals surface area contributed by atoms with Gasteiger partial charge in [0, 0.05) is 36.1 Å². The van der Waals surface area contributed by atoms with Crippen molar-refractivity contribution in [2.24, 2.45) is 0 Å². The zero-order chi connectivity index (χ0) is 14.7. The third-order valence-corrected chi connectivity index (χ3v) is 2.91. The second kappa shape index (κ2) is 5.52. The highest BCUT2D eigenvalue weighted by Crippen LogP contribution is 2.25. The summed E-state index contributed by atoms with van der Waals surface area (Å²) in [5.41, 5.74) is 0.817. The fraction of sp³-hybridized carbons (Fsp3) is 0.133. The molecule has 0 amide bonds. The minimum atomic E-state index is -0.202. The average Bonchev–Trinajstić information content (AvgIpc) is 2.36. The summed E-state index contributed by atoms with van der Waals surface area (Å²) in [4.78, 5) is 11.9. The number of benzene rings is 2. The van der Waals surface area contributed by atoms with E-state index in [-0.39, 0.29) is 41.6 Å². The predicted octanol–water partition coefficient (Wildman–Crippen LogP) is 1.86. The molecular formula is C15H14O5. The van der Waals surface area contributed by atoms with Crippen molar-refractivity contribution < 1.29 is 25.2 Å². The van der Waals surface area contributed by atoms with Crippen LogP contribution in [0, 0.1) is 0 Å². The van der Waals surface area contributed by atoms with E-state index < -0.39 is 0 Å². The van der Waals surface area contributed by atoms with Crippen molar-refractivity contribution in [1.29, 1.82) is 0 Å². The van der Waals surface area contributed by atoms with Gasteiger partial charge in [-0.05, 0) is 12.1 Å². The van der Waals surface area contributed by atoms with E-state index in [4.69, 9.17) is 10.2 Å².